The molecule has 1 aromatic carbocycles. The Hall–Kier alpha value is -1.81. The Morgan fingerprint density at radius 2 is 1.61 bits per heavy atom. The monoisotopic (exact) mass is 447 g/mol. The van der Waals surface area contributed by atoms with Crippen molar-refractivity contribution in [3.05, 3.63) is 29.1 Å². The van der Waals surface area contributed by atoms with Gasteiger partial charge in [-0.2, -0.15) is 13.2 Å². The second-order valence-corrected chi connectivity index (χ2v) is 9.59. The van der Waals surface area contributed by atoms with E-state index >= 15 is 0 Å². The van der Waals surface area contributed by atoms with Crippen LogP contribution >= 0.6 is 0 Å². The van der Waals surface area contributed by atoms with Crippen molar-refractivity contribution in [3.63, 3.8) is 0 Å². The molecule has 2 rings (SSSR count). The molecule has 0 aliphatic carbocycles. The number of rotatable bonds is 4. The highest BCUT2D eigenvalue weighted by atomic mass is 19.4. The van der Waals surface area contributed by atoms with Gasteiger partial charge in [-0.15, -0.1) is 0 Å². The molecule has 1 aliphatic heterocycles. The topological polar surface area (TPSA) is 48.0 Å². The van der Waals surface area contributed by atoms with Gasteiger partial charge in [0.05, 0.1) is 16.8 Å². The molecule has 10 heteroatoms. The third-order valence-corrected chi connectivity index (χ3v) is 5.69. The van der Waals surface area contributed by atoms with E-state index in [1.54, 1.807) is 55.4 Å². The fourth-order valence-corrected chi connectivity index (χ4v) is 3.29. The van der Waals surface area contributed by atoms with E-state index in [1.165, 1.54) is 4.90 Å². The summed E-state index contributed by atoms with van der Waals surface area (Å²) in [7, 11) is -1.52. The van der Waals surface area contributed by atoms with Crippen LogP contribution in [0.1, 0.15) is 66.5 Å². The summed E-state index contributed by atoms with van der Waals surface area (Å²) in [6.45, 7) is 13.7. The van der Waals surface area contributed by atoms with E-state index in [0.717, 1.165) is 12.1 Å². The summed E-state index contributed by atoms with van der Waals surface area (Å²) in [5.74, 6) is -1.14. The van der Waals surface area contributed by atoms with Crippen LogP contribution in [0.3, 0.4) is 0 Å². The van der Waals surface area contributed by atoms with Crippen molar-refractivity contribution in [1.82, 2.24) is 4.90 Å². The number of benzene rings is 1. The first kappa shape index (κ1) is 25.5. The van der Waals surface area contributed by atoms with E-state index in [2.05, 4.69) is 0 Å². The molecule has 0 N–H and O–H groups in total. The molecule has 1 aromatic rings. The maximum Gasteiger partial charge on any atom is 0.498 e. The number of hydrogen-bond acceptors (Lipinski definition) is 4. The molecule has 1 fully saturated rings. The van der Waals surface area contributed by atoms with Crippen LogP contribution in [0.2, 0.25) is 0 Å². The fraction of sp³-hybridized carbons (Fsp3) is 0.667. The Bertz CT molecular complexity index is 818. The van der Waals surface area contributed by atoms with Gasteiger partial charge in [-0.1, -0.05) is 0 Å². The highest BCUT2D eigenvalue weighted by molar-refractivity contribution is 6.62. The van der Waals surface area contributed by atoms with Gasteiger partial charge in [0, 0.05) is 17.5 Å². The van der Waals surface area contributed by atoms with Crippen molar-refractivity contribution in [2.75, 3.05) is 6.54 Å². The van der Waals surface area contributed by atoms with Crippen LogP contribution in [0.15, 0.2) is 12.1 Å². The van der Waals surface area contributed by atoms with Gasteiger partial charge in [0.25, 0.3) is 0 Å². The van der Waals surface area contributed by atoms with Crippen LogP contribution in [-0.2, 0) is 26.8 Å². The summed E-state index contributed by atoms with van der Waals surface area (Å²) in [5.41, 5.74) is -4.46. The lowest BCUT2D eigenvalue weighted by molar-refractivity contribution is -0.137. The van der Waals surface area contributed by atoms with Gasteiger partial charge < -0.3 is 18.9 Å². The molecule has 1 amide bonds. The van der Waals surface area contributed by atoms with Crippen LogP contribution < -0.4 is 5.46 Å². The standard InChI is InChI=1S/C21H30BF4NO4/c1-9-27(18(2,3)4)17(28)29-12-13-10-14(21(24,25)26)16(15(23)11-13)22-30-19(5,6)20(7,8)31-22/h10-11H,9,12H2,1-8H3. The van der Waals surface area contributed by atoms with Crippen LogP contribution in [0.4, 0.5) is 22.4 Å². The lowest BCUT2D eigenvalue weighted by atomic mass is 9.74. The first-order chi connectivity index (χ1) is 13.9. The van der Waals surface area contributed by atoms with Gasteiger partial charge in [-0.05, 0) is 73.1 Å². The van der Waals surface area contributed by atoms with Crippen LogP contribution in [0.5, 0.6) is 0 Å². The molecule has 0 saturated carbocycles. The number of halogens is 4. The predicted molar refractivity (Wildman–Crippen MR) is 109 cm³/mol. The second-order valence-electron chi connectivity index (χ2n) is 9.59. The van der Waals surface area contributed by atoms with Crippen LogP contribution in [-0.4, -0.2) is 41.4 Å². The zero-order valence-electron chi connectivity index (χ0n) is 19.2. The molecule has 5 nitrogen and oxygen atoms in total. The first-order valence-electron chi connectivity index (χ1n) is 10.1. The van der Waals surface area contributed by atoms with E-state index in [9.17, 15) is 22.4 Å². The number of carbonyl (C=O) groups excluding carboxylic acids is 1. The van der Waals surface area contributed by atoms with E-state index in [-0.39, 0.29) is 5.56 Å². The minimum Gasteiger partial charge on any atom is -0.445 e. The molecule has 1 aliphatic rings. The summed E-state index contributed by atoms with van der Waals surface area (Å²) < 4.78 is 72.7. The van der Waals surface area contributed by atoms with Crippen molar-refractivity contribution >= 4 is 18.7 Å². The Morgan fingerprint density at radius 3 is 2.03 bits per heavy atom. The third kappa shape index (κ3) is 5.34. The summed E-state index contributed by atoms with van der Waals surface area (Å²) >= 11 is 0. The molecule has 1 saturated heterocycles. The molecular formula is C21H30BF4NO4. The number of carbonyl (C=O) groups is 1. The Labute approximate surface area is 181 Å². The number of amides is 1. The fourth-order valence-electron chi connectivity index (χ4n) is 3.29. The maximum absolute atomic E-state index is 14.9. The maximum atomic E-state index is 14.9. The molecule has 0 radical (unpaired) electrons. The number of alkyl halides is 3. The molecule has 0 bridgehead atoms. The number of ether oxygens (including phenoxy) is 1. The average molecular weight is 447 g/mol. The predicted octanol–water partition coefficient (Wildman–Crippen LogP) is 4.90. The molecule has 0 atom stereocenters. The van der Waals surface area contributed by atoms with Crippen molar-refractivity contribution < 1.29 is 36.4 Å². The molecule has 0 aromatic heterocycles. The lowest BCUT2D eigenvalue weighted by Crippen LogP contribution is -2.45. The summed E-state index contributed by atoms with van der Waals surface area (Å²) in [5, 5.41) is 0. The minimum atomic E-state index is -4.86. The van der Waals surface area contributed by atoms with Gasteiger partial charge in [0.1, 0.15) is 12.4 Å². The van der Waals surface area contributed by atoms with Crippen molar-refractivity contribution in [1.29, 1.82) is 0 Å². The van der Waals surface area contributed by atoms with Gasteiger partial charge in [-0.3, -0.25) is 0 Å². The second kappa shape index (κ2) is 8.28. The van der Waals surface area contributed by atoms with Crippen molar-refractivity contribution in [2.24, 2.45) is 0 Å². The van der Waals surface area contributed by atoms with Gasteiger partial charge in [0.2, 0.25) is 0 Å². The minimum absolute atomic E-state index is 0.122. The van der Waals surface area contributed by atoms with Crippen LogP contribution in [0, 0.1) is 5.82 Å². The van der Waals surface area contributed by atoms with Crippen molar-refractivity contribution in [3.8, 4) is 0 Å². The molecule has 0 unspecified atom stereocenters. The highest BCUT2D eigenvalue weighted by Crippen LogP contribution is 2.38. The van der Waals surface area contributed by atoms with Crippen LogP contribution in [0.25, 0.3) is 0 Å². The van der Waals surface area contributed by atoms with Gasteiger partial charge >= 0.3 is 19.4 Å². The molecule has 0 spiro atoms. The zero-order valence-corrected chi connectivity index (χ0v) is 19.2. The Morgan fingerprint density at radius 1 is 1.10 bits per heavy atom. The normalized spacial score (nSPS) is 18.3. The third-order valence-electron chi connectivity index (χ3n) is 5.69. The smallest absolute Gasteiger partial charge is 0.445 e. The molecule has 1 heterocycles. The highest BCUT2D eigenvalue weighted by Gasteiger charge is 2.54. The molecule has 174 valence electrons. The molecule has 31 heavy (non-hydrogen) atoms. The first-order valence-corrected chi connectivity index (χ1v) is 10.1. The lowest BCUT2D eigenvalue weighted by Gasteiger charge is -2.33. The van der Waals surface area contributed by atoms with E-state index < -0.39 is 59.6 Å². The summed E-state index contributed by atoms with van der Waals surface area (Å²) in [4.78, 5) is 13.8. The Balaban J connectivity index is 2.36. The Kier molecular flexibility index (Phi) is 6.80. The largest absolute Gasteiger partial charge is 0.498 e. The molecular weight excluding hydrogens is 417 g/mol. The number of nitrogens with zero attached hydrogens (tertiary/aromatic N) is 1. The van der Waals surface area contributed by atoms with Gasteiger partial charge in [0.15, 0.2) is 0 Å². The van der Waals surface area contributed by atoms with E-state index in [1.807, 2.05) is 0 Å². The quantitative estimate of drug-likeness (QED) is 0.487. The van der Waals surface area contributed by atoms with E-state index in [0.29, 0.717) is 6.54 Å². The van der Waals surface area contributed by atoms with E-state index in [4.69, 9.17) is 14.0 Å². The SMILES string of the molecule is CCN(C(=O)OCc1cc(F)c(B2OC(C)(C)C(C)(C)O2)c(C(F)(F)F)c1)C(C)(C)C. The average Bonchev–Trinajstić information content (AvgIpc) is 2.78. The zero-order chi connectivity index (χ0) is 24.0. The summed E-state index contributed by atoms with van der Waals surface area (Å²) in [6.07, 6.45) is -5.56. The van der Waals surface area contributed by atoms with Gasteiger partial charge in [-0.25, -0.2) is 9.18 Å². The number of hydrogen-bond donors (Lipinski definition) is 0. The summed E-state index contributed by atoms with van der Waals surface area (Å²) in [6, 6.07) is 1.68. The van der Waals surface area contributed by atoms with Crippen molar-refractivity contribution in [2.45, 2.75) is 84.9 Å².